The monoisotopic (exact) mass is 363 g/mol. The molecule has 0 spiro atoms. The van der Waals surface area contributed by atoms with Crippen LogP contribution in [0.1, 0.15) is 31.1 Å². The molecule has 4 heteroatoms. The number of carbonyl (C=O) groups is 2. The van der Waals surface area contributed by atoms with Gasteiger partial charge in [-0.25, -0.2) is 0 Å². The van der Waals surface area contributed by atoms with Crippen molar-refractivity contribution in [1.29, 1.82) is 0 Å². The Morgan fingerprint density at radius 1 is 0.846 bits per heavy atom. The van der Waals surface area contributed by atoms with Crippen LogP contribution in [-0.2, 0) is 4.79 Å². The maximum atomic E-state index is 12.7. The summed E-state index contributed by atoms with van der Waals surface area (Å²) in [6.45, 7) is 5.58. The van der Waals surface area contributed by atoms with E-state index in [1.54, 1.807) is 0 Å². The van der Waals surface area contributed by atoms with E-state index >= 15 is 0 Å². The molecule has 0 unspecified atom stereocenters. The van der Waals surface area contributed by atoms with Crippen molar-refractivity contribution >= 4 is 39.2 Å². The number of fused-ring (bicyclic) bond motifs is 1. The third kappa shape index (κ3) is 4.14. The van der Waals surface area contributed by atoms with Crippen LogP contribution in [-0.4, -0.2) is 11.0 Å². The Labute approximate surface area is 157 Å². The molecule has 0 aliphatic heterocycles. The first kappa shape index (κ1) is 18.2. The van der Waals surface area contributed by atoms with Gasteiger partial charge in [0.1, 0.15) is 0 Å². The molecule has 1 amide bonds. The van der Waals surface area contributed by atoms with Crippen LogP contribution in [0, 0.1) is 5.41 Å². The van der Waals surface area contributed by atoms with Gasteiger partial charge in [0.15, 0.2) is 0 Å². The minimum Gasteiger partial charge on any atom is -0.325 e. The molecule has 3 aromatic rings. The van der Waals surface area contributed by atoms with Crippen LogP contribution in [0.4, 0.5) is 5.69 Å². The summed E-state index contributed by atoms with van der Waals surface area (Å²) >= 11 is 1.13. The maximum Gasteiger partial charge on any atom is 0.229 e. The maximum absolute atomic E-state index is 12.7. The van der Waals surface area contributed by atoms with Gasteiger partial charge in [-0.1, -0.05) is 63.2 Å². The molecule has 0 aliphatic carbocycles. The molecule has 0 heterocycles. The number of para-hydroxylation sites is 1. The zero-order chi connectivity index (χ0) is 18.7. The topological polar surface area (TPSA) is 46.2 Å². The number of hydrogen-bond acceptors (Lipinski definition) is 3. The van der Waals surface area contributed by atoms with E-state index in [4.69, 9.17) is 0 Å². The van der Waals surface area contributed by atoms with Gasteiger partial charge in [0.2, 0.25) is 11.0 Å². The van der Waals surface area contributed by atoms with Crippen LogP contribution in [0.2, 0.25) is 0 Å². The highest BCUT2D eigenvalue weighted by atomic mass is 32.2. The summed E-state index contributed by atoms with van der Waals surface area (Å²) in [4.78, 5) is 25.8. The van der Waals surface area contributed by atoms with Gasteiger partial charge in [0.25, 0.3) is 0 Å². The van der Waals surface area contributed by atoms with Crippen LogP contribution in [0.3, 0.4) is 0 Å². The fraction of sp³-hybridized carbons (Fsp3) is 0.182. The van der Waals surface area contributed by atoms with Crippen LogP contribution < -0.4 is 5.32 Å². The fourth-order valence-electron chi connectivity index (χ4n) is 2.44. The third-order valence-electron chi connectivity index (χ3n) is 4.00. The van der Waals surface area contributed by atoms with E-state index in [9.17, 15) is 9.59 Å². The Morgan fingerprint density at radius 2 is 1.50 bits per heavy atom. The predicted molar refractivity (Wildman–Crippen MR) is 109 cm³/mol. The molecule has 3 nitrogen and oxygen atoms in total. The van der Waals surface area contributed by atoms with Gasteiger partial charge in [-0.15, -0.1) is 0 Å². The number of benzene rings is 3. The van der Waals surface area contributed by atoms with Crippen LogP contribution >= 0.6 is 11.8 Å². The van der Waals surface area contributed by atoms with Gasteiger partial charge in [-0.3, -0.25) is 9.59 Å². The van der Waals surface area contributed by atoms with Crippen LogP contribution in [0.15, 0.2) is 71.6 Å². The Bertz CT molecular complexity index is 973. The molecule has 0 saturated carbocycles. The second kappa shape index (κ2) is 7.34. The second-order valence-electron chi connectivity index (χ2n) is 7.15. The number of thioether (sulfide) groups is 1. The van der Waals surface area contributed by atoms with Gasteiger partial charge >= 0.3 is 0 Å². The summed E-state index contributed by atoms with van der Waals surface area (Å²) in [7, 11) is 0. The molecule has 0 saturated heterocycles. The Balaban J connectivity index is 1.84. The first-order chi connectivity index (χ1) is 12.3. The summed E-state index contributed by atoms with van der Waals surface area (Å²) in [6, 6.07) is 21.0. The SMILES string of the molecule is CC(C)(C)C(=O)Nc1ccccc1SC(=O)c1ccc2ccccc2c1. The summed E-state index contributed by atoms with van der Waals surface area (Å²) in [5.41, 5.74) is 0.803. The van der Waals surface area contributed by atoms with E-state index in [2.05, 4.69) is 5.32 Å². The number of rotatable bonds is 3. The van der Waals surface area contributed by atoms with Gasteiger partial charge in [0, 0.05) is 15.9 Å². The van der Waals surface area contributed by atoms with Crippen molar-refractivity contribution in [2.75, 3.05) is 5.32 Å². The van der Waals surface area contributed by atoms with Gasteiger partial charge in [-0.2, -0.15) is 0 Å². The molecule has 3 rings (SSSR count). The van der Waals surface area contributed by atoms with Crippen molar-refractivity contribution in [3.63, 3.8) is 0 Å². The summed E-state index contributed by atoms with van der Waals surface area (Å²) < 4.78 is 0. The summed E-state index contributed by atoms with van der Waals surface area (Å²) in [5, 5.41) is 5.02. The molecule has 1 N–H and O–H groups in total. The lowest BCUT2D eigenvalue weighted by atomic mass is 9.95. The van der Waals surface area contributed by atoms with Crippen LogP contribution in [0.5, 0.6) is 0 Å². The Kier molecular flexibility index (Phi) is 5.14. The highest BCUT2D eigenvalue weighted by molar-refractivity contribution is 8.14. The summed E-state index contributed by atoms with van der Waals surface area (Å²) in [5.74, 6) is -0.0799. The van der Waals surface area contributed by atoms with E-state index in [0.29, 0.717) is 11.3 Å². The van der Waals surface area contributed by atoms with Crippen molar-refractivity contribution in [2.24, 2.45) is 5.41 Å². The first-order valence-electron chi connectivity index (χ1n) is 8.46. The predicted octanol–water partition coefficient (Wildman–Crippen LogP) is 5.76. The molecule has 0 fully saturated rings. The molecule has 0 aliphatic rings. The average Bonchev–Trinajstić information content (AvgIpc) is 2.62. The van der Waals surface area contributed by atoms with E-state index in [1.807, 2.05) is 87.5 Å². The lowest BCUT2D eigenvalue weighted by molar-refractivity contribution is -0.123. The van der Waals surface area contributed by atoms with Crippen molar-refractivity contribution in [3.8, 4) is 0 Å². The van der Waals surface area contributed by atoms with E-state index < -0.39 is 5.41 Å². The summed E-state index contributed by atoms with van der Waals surface area (Å²) in [6.07, 6.45) is 0. The molecular weight excluding hydrogens is 342 g/mol. The lowest BCUT2D eigenvalue weighted by Crippen LogP contribution is -2.27. The molecule has 0 bridgehead atoms. The molecule has 3 aromatic carbocycles. The molecule has 0 atom stereocenters. The number of amides is 1. The Morgan fingerprint density at radius 3 is 2.23 bits per heavy atom. The largest absolute Gasteiger partial charge is 0.325 e. The fourth-order valence-corrected chi connectivity index (χ4v) is 3.26. The third-order valence-corrected chi connectivity index (χ3v) is 5.00. The van der Waals surface area contributed by atoms with Crippen molar-refractivity contribution < 1.29 is 9.59 Å². The highest BCUT2D eigenvalue weighted by Crippen LogP contribution is 2.31. The average molecular weight is 363 g/mol. The van der Waals surface area contributed by atoms with Gasteiger partial charge in [-0.05, 0) is 46.8 Å². The molecule has 26 heavy (non-hydrogen) atoms. The minimum absolute atomic E-state index is 0.0480. The van der Waals surface area contributed by atoms with E-state index in [1.165, 1.54) is 0 Å². The molecule has 0 aromatic heterocycles. The minimum atomic E-state index is -0.500. The quantitative estimate of drug-likeness (QED) is 0.602. The zero-order valence-electron chi connectivity index (χ0n) is 15.1. The second-order valence-corrected chi connectivity index (χ2v) is 8.17. The van der Waals surface area contributed by atoms with Crippen LogP contribution in [0.25, 0.3) is 10.8 Å². The van der Waals surface area contributed by atoms with E-state index in [-0.39, 0.29) is 11.0 Å². The molecular formula is C22H21NO2S. The lowest BCUT2D eigenvalue weighted by Gasteiger charge is -2.19. The zero-order valence-corrected chi connectivity index (χ0v) is 15.9. The number of hydrogen-bond donors (Lipinski definition) is 1. The smallest absolute Gasteiger partial charge is 0.229 e. The highest BCUT2D eigenvalue weighted by Gasteiger charge is 2.22. The van der Waals surface area contributed by atoms with Gasteiger partial charge in [0.05, 0.1) is 5.69 Å². The van der Waals surface area contributed by atoms with Gasteiger partial charge < -0.3 is 5.32 Å². The molecule has 0 radical (unpaired) electrons. The Hall–Kier alpha value is -2.59. The number of carbonyl (C=O) groups excluding carboxylic acids is 2. The standard InChI is InChI=1S/C22H21NO2S/c1-22(2,3)21(25)23-18-10-6-7-11-19(18)26-20(24)17-13-12-15-8-4-5-9-16(15)14-17/h4-14H,1-3H3,(H,23,25). The number of anilines is 1. The first-order valence-corrected chi connectivity index (χ1v) is 9.28. The van der Waals surface area contributed by atoms with Crippen molar-refractivity contribution in [1.82, 2.24) is 0 Å². The molecule has 132 valence electrons. The van der Waals surface area contributed by atoms with Crippen molar-refractivity contribution in [2.45, 2.75) is 25.7 Å². The number of nitrogens with one attached hydrogen (secondary N) is 1. The normalized spacial score (nSPS) is 11.3. The van der Waals surface area contributed by atoms with E-state index in [0.717, 1.165) is 27.4 Å². The van der Waals surface area contributed by atoms with Crippen molar-refractivity contribution in [3.05, 3.63) is 72.3 Å².